The first-order valence-electron chi connectivity index (χ1n) is 4.63. The van der Waals surface area contributed by atoms with Crippen LogP contribution in [0.5, 0.6) is 0 Å². The van der Waals surface area contributed by atoms with Crippen LogP contribution in [0.4, 0.5) is 0 Å². The second kappa shape index (κ2) is 3.87. The Labute approximate surface area is 78.7 Å². The van der Waals surface area contributed by atoms with Crippen LogP contribution >= 0.6 is 0 Å². The van der Waals surface area contributed by atoms with Crippen LogP contribution < -0.4 is 0 Å². The molecule has 0 bridgehead atoms. The second-order valence-electron chi connectivity index (χ2n) is 3.25. The van der Waals surface area contributed by atoms with Crippen molar-refractivity contribution in [3.8, 4) is 0 Å². The van der Waals surface area contributed by atoms with Crippen LogP contribution in [0.25, 0.3) is 0 Å². The van der Waals surface area contributed by atoms with E-state index in [0.717, 1.165) is 24.5 Å². The average Bonchev–Trinajstić information content (AvgIpc) is 2.65. The van der Waals surface area contributed by atoms with Gasteiger partial charge in [0.25, 0.3) is 0 Å². The van der Waals surface area contributed by atoms with Gasteiger partial charge in [-0.15, -0.1) is 0 Å². The summed E-state index contributed by atoms with van der Waals surface area (Å²) in [6, 6.07) is 0. The lowest BCUT2D eigenvalue weighted by atomic mass is 10.0. The van der Waals surface area contributed by atoms with Gasteiger partial charge in [0.05, 0.1) is 0 Å². The van der Waals surface area contributed by atoms with E-state index in [0.29, 0.717) is 0 Å². The van der Waals surface area contributed by atoms with Crippen LogP contribution in [-0.2, 0) is 16.8 Å². The van der Waals surface area contributed by atoms with Gasteiger partial charge in [0.2, 0.25) is 0 Å². The van der Waals surface area contributed by atoms with Gasteiger partial charge in [-0.05, 0) is 13.3 Å². The van der Waals surface area contributed by atoms with Gasteiger partial charge in [0, 0.05) is 13.5 Å². The Morgan fingerprint density at radius 2 is 2.15 bits per heavy atom. The number of hydrogen-bond donors (Lipinski definition) is 1. The summed E-state index contributed by atoms with van der Waals surface area (Å²) in [4.78, 5) is 4.35. The molecular weight excluding hydrogens is 166 g/mol. The molecule has 1 rings (SSSR count). The van der Waals surface area contributed by atoms with Gasteiger partial charge in [-0.3, -0.25) is 5.10 Å². The summed E-state index contributed by atoms with van der Waals surface area (Å²) in [6.45, 7) is 6.10. The number of nitrogens with one attached hydrogen (secondary N) is 1. The zero-order valence-corrected chi connectivity index (χ0v) is 8.72. The minimum Gasteiger partial charge on any atom is -0.370 e. The normalized spacial score (nSPS) is 15.7. The van der Waals surface area contributed by atoms with E-state index in [1.807, 2.05) is 13.8 Å². The third-order valence-electron chi connectivity index (χ3n) is 2.46. The Morgan fingerprint density at radius 1 is 1.46 bits per heavy atom. The first kappa shape index (κ1) is 10.2. The smallest absolute Gasteiger partial charge is 0.182 e. The zero-order chi connectivity index (χ0) is 9.90. The SMILES string of the molecule is CCc1nc(C(C)(CC)OC)n[nH]1. The molecule has 0 saturated heterocycles. The highest BCUT2D eigenvalue weighted by Gasteiger charge is 2.28. The van der Waals surface area contributed by atoms with Crippen molar-refractivity contribution in [2.75, 3.05) is 7.11 Å². The highest BCUT2D eigenvalue weighted by Crippen LogP contribution is 2.24. The van der Waals surface area contributed by atoms with Crippen LogP contribution in [0.3, 0.4) is 0 Å². The standard InChI is InChI=1S/C9H17N3O/c1-5-7-10-8(12-11-7)9(3,6-2)13-4/h5-6H2,1-4H3,(H,10,11,12). The topological polar surface area (TPSA) is 50.8 Å². The first-order chi connectivity index (χ1) is 6.16. The minimum absolute atomic E-state index is 0.357. The summed E-state index contributed by atoms with van der Waals surface area (Å²) in [7, 11) is 1.69. The van der Waals surface area contributed by atoms with Gasteiger partial charge in [0.15, 0.2) is 5.82 Å². The lowest BCUT2D eigenvalue weighted by Crippen LogP contribution is -2.24. The molecule has 74 valence electrons. The summed E-state index contributed by atoms with van der Waals surface area (Å²) in [5.74, 6) is 1.65. The molecule has 1 N–H and O–H groups in total. The van der Waals surface area contributed by atoms with Crippen LogP contribution in [0, 0.1) is 0 Å². The van der Waals surface area contributed by atoms with Crippen molar-refractivity contribution >= 4 is 0 Å². The van der Waals surface area contributed by atoms with Crippen molar-refractivity contribution in [2.45, 2.75) is 39.2 Å². The molecule has 0 aliphatic carbocycles. The van der Waals surface area contributed by atoms with E-state index >= 15 is 0 Å². The number of ether oxygens (including phenoxy) is 1. The van der Waals surface area contributed by atoms with E-state index in [9.17, 15) is 0 Å². The van der Waals surface area contributed by atoms with Crippen molar-refractivity contribution in [3.05, 3.63) is 11.6 Å². The Balaban J connectivity index is 2.91. The van der Waals surface area contributed by atoms with E-state index in [1.54, 1.807) is 7.11 Å². The third-order valence-corrected chi connectivity index (χ3v) is 2.46. The molecule has 0 radical (unpaired) electrons. The molecule has 1 atom stereocenters. The highest BCUT2D eigenvalue weighted by molar-refractivity contribution is 5.00. The predicted octanol–water partition coefficient (Wildman–Crippen LogP) is 1.64. The number of rotatable bonds is 4. The molecule has 13 heavy (non-hydrogen) atoms. The highest BCUT2D eigenvalue weighted by atomic mass is 16.5. The Kier molecular flexibility index (Phi) is 3.03. The predicted molar refractivity (Wildman–Crippen MR) is 50.4 cm³/mol. The number of methoxy groups -OCH3 is 1. The average molecular weight is 183 g/mol. The number of hydrogen-bond acceptors (Lipinski definition) is 3. The number of aryl methyl sites for hydroxylation is 1. The molecule has 1 aromatic heterocycles. The molecule has 1 heterocycles. The monoisotopic (exact) mass is 183 g/mol. The van der Waals surface area contributed by atoms with E-state index < -0.39 is 0 Å². The van der Waals surface area contributed by atoms with Gasteiger partial charge in [-0.2, -0.15) is 5.10 Å². The molecule has 0 amide bonds. The molecule has 0 aliphatic heterocycles. The van der Waals surface area contributed by atoms with Gasteiger partial charge >= 0.3 is 0 Å². The van der Waals surface area contributed by atoms with Gasteiger partial charge in [0.1, 0.15) is 11.4 Å². The molecule has 0 aliphatic rings. The van der Waals surface area contributed by atoms with Crippen LogP contribution in [-0.4, -0.2) is 22.3 Å². The Bertz CT molecular complexity index is 266. The lowest BCUT2D eigenvalue weighted by Gasteiger charge is -2.22. The summed E-state index contributed by atoms with van der Waals surface area (Å²) in [6.07, 6.45) is 1.74. The number of aromatic nitrogens is 3. The molecule has 0 aromatic carbocycles. The Morgan fingerprint density at radius 3 is 2.54 bits per heavy atom. The maximum Gasteiger partial charge on any atom is 0.182 e. The fraction of sp³-hybridized carbons (Fsp3) is 0.778. The fourth-order valence-corrected chi connectivity index (χ4v) is 1.08. The zero-order valence-electron chi connectivity index (χ0n) is 8.72. The van der Waals surface area contributed by atoms with Gasteiger partial charge in [-0.25, -0.2) is 4.98 Å². The van der Waals surface area contributed by atoms with E-state index in [2.05, 4.69) is 22.1 Å². The van der Waals surface area contributed by atoms with Crippen molar-refractivity contribution < 1.29 is 4.74 Å². The summed E-state index contributed by atoms with van der Waals surface area (Å²) >= 11 is 0. The van der Waals surface area contributed by atoms with Crippen molar-refractivity contribution in [3.63, 3.8) is 0 Å². The van der Waals surface area contributed by atoms with Crippen LogP contribution in [0.2, 0.25) is 0 Å². The van der Waals surface area contributed by atoms with Crippen molar-refractivity contribution in [2.24, 2.45) is 0 Å². The molecule has 4 nitrogen and oxygen atoms in total. The molecule has 0 spiro atoms. The molecular formula is C9H17N3O. The number of H-pyrrole nitrogens is 1. The van der Waals surface area contributed by atoms with Gasteiger partial charge in [-0.1, -0.05) is 13.8 Å². The van der Waals surface area contributed by atoms with E-state index in [4.69, 9.17) is 4.74 Å². The summed E-state index contributed by atoms with van der Waals surface area (Å²) < 4.78 is 5.39. The molecule has 0 fully saturated rings. The van der Waals surface area contributed by atoms with Crippen molar-refractivity contribution in [1.82, 2.24) is 15.2 Å². The van der Waals surface area contributed by atoms with Crippen molar-refractivity contribution in [1.29, 1.82) is 0 Å². The number of nitrogens with zero attached hydrogens (tertiary/aromatic N) is 2. The lowest BCUT2D eigenvalue weighted by molar-refractivity contribution is -0.00872. The first-order valence-corrected chi connectivity index (χ1v) is 4.63. The second-order valence-corrected chi connectivity index (χ2v) is 3.25. The minimum atomic E-state index is -0.357. The maximum atomic E-state index is 5.39. The van der Waals surface area contributed by atoms with Crippen LogP contribution in [0.1, 0.15) is 38.8 Å². The number of aromatic amines is 1. The quantitative estimate of drug-likeness (QED) is 0.772. The third kappa shape index (κ3) is 1.88. The molecule has 0 saturated carbocycles. The molecule has 1 unspecified atom stereocenters. The van der Waals surface area contributed by atoms with E-state index in [-0.39, 0.29) is 5.60 Å². The maximum absolute atomic E-state index is 5.39. The summed E-state index contributed by atoms with van der Waals surface area (Å²) in [5, 5.41) is 7.03. The Hall–Kier alpha value is -0.900. The molecule has 4 heteroatoms. The molecule has 1 aromatic rings. The van der Waals surface area contributed by atoms with E-state index in [1.165, 1.54) is 0 Å². The largest absolute Gasteiger partial charge is 0.370 e. The fourth-order valence-electron chi connectivity index (χ4n) is 1.08. The summed E-state index contributed by atoms with van der Waals surface area (Å²) in [5.41, 5.74) is -0.357. The van der Waals surface area contributed by atoms with Gasteiger partial charge < -0.3 is 4.74 Å². The van der Waals surface area contributed by atoms with Crippen LogP contribution in [0.15, 0.2) is 0 Å².